The van der Waals surface area contributed by atoms with Crippen LogP contribution in [-0.4, -0.2) is 15.1 Å². The molecule has 5 nitrogen and oxygen atoms in total. The molecular formula is C13H11N3O2. The second kappa shape index (κ2) is 4.37. The van der Waals surface area contributed by atoms with Gasteiger partial charge in [0, 0.05) is 25.0 Å². The largest absolute Gasteiger partial charge is 0.508 e. The maximum absolute atomic E-state index is 9.33. The Labute approximate surface area is 103 Å². The van der Waals surface area contributed by atoms with E-state index < -0.39 is 0 Å². The van der Waals surface area contributed by atoms with Crippen LogP contribution in [0.1, 0.15) is 5.56 Å². The molecule has 2 aromatic heterocycles. The number of phenolic OH excluding ortho intramolecular Hbond substituents is 1. The molecule has 0 saturated carbocycles. The van der Waals surface area contributed by atoms with E-state index in [1.165, 1.54) is 0 Å². The molecule has 90 valence electrons. The summed E-state index contributed by atoms with van der Waals surface area (Å²) in [7, 11) is 0. The summed E-state index contributed by atoms with van der Waals surface area (Å²) in [5.74, 6) is 0.166. The molecule has 0 aliphatic heterocycles. The van der Waals surface area contributed by atoms with Crippen LogP contribution >= 0.6 is 0 Å². The zero-order valence-corrected chi connectivity index (χ0v) is 9.50. The lowest BCUT2D eigenvalue weighted by atomic mass is 10.3. The van der Waals surface area contributed by atoms with Crippen LogP contribution in [0.3, 0.4) is 0 Å². The molecular weight excluding hydrogens is 230 g/mol. The molecule has 0 unspecified atom stereocenters. The van der Waals surface area contributed by atoms with Gasteiger partial charge in [-0.2, -0.15) is 4.98 Å². The van der Waals surface area contributed by atoms with Gasteiger partial charge in [-0.3, -0.25) is 4.98 Å². The van der Waals surface area contributed by atoms with E-state index in [2.05, 4.69) is 15.3 Å². The highest BCUT2D eigenvalue weighted by Crippen LogP contribution is 2.23. The maximum atomic E-state index is 9.33. The molecule has 0 fully saturated rings. The molecule has 0 radical (unpaired) electrons. The molecule has 0 aliphatic rings. The number of hydrogen-bond donors (Lipinski definition) is 2. The maximum Gasteiger partial charge on any atom is 0.295 e. The van der Waals surface area contributed by atoms with Gasteiger partial charge >= 0.3 is 0 Å². The first-order valence-electron chi connectivity index (χ1n) is 5.53. The van der Waals surface area contributed by atoms with Gasteiger partial charge < -0.3 is 14.8 Å². The highest BCUT2D eigenvalue weighted by atomic mass is 16.4. The average molecular weight is 241 g/mol. The third-order valence-corrected chi connectivity index (χ3v) is 2.57. The molecule has 2 N–H and O–H groups in total. The summed E-state index contributed by atoms with van der Waals surface area (Å²) < 4.78 is 5.47. The minimum atomic E-state index is 0.166. The molecule has 0 spiro atoms. The fraction of sp³-hybridized carbons (Fsp3) is 0.0769. The third kappa shape index (κ3) is 2.10. The minimum Gasteiger partial charge on any atom is -0.508 e. The Bertz CT molecular complexity index is 664. The smallest absolute Gasteiger partial charge is 0.295 e. The van der Waals surface area contributed by atoms with Gasteiger partial charge in [0.05, 0.1) is 0 Å². The number of aromatic nitrogens is 2. The van der Waals surface area contributed by atoms with Crippen molar-refractivity contribution >= 4 is 17.1 Å². The first-order valence-corrected chi connectivity index (χ1v) is 5.53. The first kappa shape index (κ1) is 10.6. The molecule has 3 aromatic rings. The van der Waals surface area contributed by atoms with Crippen LogP contribution in [0.4, 0.5) is 6.01 Å². The summed E-state index contributed by atoms with van der Waals surface area (Å²) in [6.45, 7) is 0.612. The molecule has 3 rings (SSSR count). The predicted molar refractivity (Wildman–Crippen MR) is 67.2 cm³/mol. The zero-order chi connectivity index (χ0) is 12.4. The van der Waals surface area contributed by atoms with Crippen molar-refractivity contribution in [1.29, 1.82) is 0 Å². The van der Waals surface area contributed by atoms with Crippen LogP contribution in [0.5, 0.6) is 5.75 Å². The van der Waals surface area contributed by atoms with Gasteiger partial charge in [-0.25, -0.2) is 0 Å². The normalized spacial score (nSPS) is 10.7. The molecule has 1 aromatic carbocycles. The number of nitrogens with one attached hydrogen (secondary N) is 1. The molecule has 2 heterocycles. The summed E-state index contributed by atoms with van der Waals surface area (Å²) >= 11 is 0. The van der Waals surface area contributed by atoms with E-state index in [9.17, 15) is 5.11 Å². The molecule has 0 saturated heterocycles. The fourth-order valence-corrected chi connectivity index (χ4v) is 1.67. The van der Waals surface area contributed by atoms with Crippen molar-refractivity contribution in [3.8, 4) is 5.75 Å². The average Bonchev–Trinajstić information content (AvgIpc) is 2.79. The minimum absolute atomic E-state index is 0.166. The number of rotatable bonds is 3. The molecule has 18 heavy (non-hydrogen) atoms. The number of hydrogen-bond acceptors (Lipinski definition) is 5. The van der Waals surface area contributed by atoms with Crippen molar-refractivity contribution in [3.05, 3.63) is 48.3 Å². The van der Waals surface area contributed by atoms with E-state index in [4.69, 9.17) is 4.42 Å². The van der Waals surface area contributed by atoms with Gasteiger partial charge in [0.25, 0.3) is 6.01 Å². The number of fused-ring (bicyclic) bond motifs is 1. The lowest BCUT2D eigenvalue weighted by molar-refractivity contribution is 0.474. The van der Waals surface area contributed by atoms with E-state index in [0.717, 1.165) is 5.56 Å². The van der Waals surface area contributed by atoms with E-state index in [-0.39, 0.29) is 5.75 Å². The van der Waals surface area contributed by atoms with E-state index in [0.29, 0.717) is 23.7 Å². The van der Waals surface area contributed by atoms with E-state index in [1.807, 2.05) is 12.1 Å². The summed E-state index contributed by atoms with van der Waals surface area (Å²) in [5, 5.41) is 12.4. The molecule has 0 atom stereocenters. The molecule has 0 aliphatic carbocycles. The first-order chi connectivity index (χ1) is 8.81. The second-order valence-corrected chi connectivity index (χ2v) is 3.88. The topological polar surface area (TPSA) is 71.2 Å². The van der Waals surface area contributed by atoms with Crippen molar-refractivity contribution < 1.29 is 9.52 Å². The standard InChI is InChI=1S/C13H11N3O2/c17-10-1-2-11-12(7-10)18-13(16-11)15-8-9-3-5-14-6-4-9/h1-7,17H,8H2,(H,15,16). The van der Waals surface area contributed by atoms with Gasteiger partial charge in [-0.1, -0.05) is 0 Å². The summed E-state index contributed by atoms with van der Waals surface area (Å²) in [6.07, 6.45) is 3.47. The second-order valence-electron chi connectivity index (χ2n) is 3.88. The third-order valence-electron chi connectivity index (χ3n) is 2.57. The number of nitrogens with zero attached hydrogens (tertiary/aromatic N) is 2. The van der Waals surface area contributed by atoms with Crippen LogP contribution in [0.2, 0.25) is 0 Å². The van der Waals surface area contributed by atoms with Gasteiger partial charge in [-0.05, 0) is 29.8 Å². The van der Waals surface area contributed by atoms with Crippen molar-refractivity contribution in [1.82, 2.24) is 9.97 Å². The number of oxazole rings is 1. The fourth-order valence-electron chi connectivity index (χ4n) is 1.67. The molecule has 5 heteroatoms. The van der Waals surface area contributed by atoms with Crippen LogP contribution in [-0.2, 0) is 6.54 Å². The van der Waals surface area contributed by atoms with Crippen LogP contribution < -0.4 is 5.32 Å². The molecule has 0 amide bonds. The Hall–Kier alpha value is -2.56. The summed E-state index contributed by atoms with van der Waals surface area (Å²) in [4.78, 5) is 8.21. The van der Waals surface area contributed by atoms with E-state index in [1.54, 1.807) is 30.6 Å². The highest BCUT2D eigenvalue weighted by Gasteiger charge is 2.05. The van der Waals surface area contributed by atoms with Crippen LogP contribution in [0.25, 0.3) is 11.1 Å². The van der Waals surface area contributed by atoms with Crippen molar-refractivity contribution in [3.63, 3.8) is 0 Å². The highest BCUT2D eigenvalue weighted by molar-refractivity contribution is 5.75. The lowest BCUT2D eigenvalue weighted by Crippen LogP contribution is -1.99. The number of aromatic hydroxyl groups is 1. The van der Waals surface area contributed by atoms with Crippen LogP contribution in [0.15, 0.2) is 47.1 Å². The Morgan fingerprint density at radius 3 is 2.83 bits per heavy atom. The quantitative estimate of drug-likeness (QED) is 0.737. The summed E-state index contributed by atoms with van der Waals surface area (Å²) in [6, 6.07) is 9.11. The zero-order valence-electron chi connectivity index (χ0n) is 9.50. The Morgan fingerprint density at radius 1 is 1.17 bits per heavy atom. The monoisotopic (exact) mass is 241 g/mol. The van der Waals surface area contributed by atoms with Crippen molar-refractivity contribution in [2.45, 2.75) is 6.54 Å². The number of anilines is 1. The Morgan fingerprint density at radius 2 is 2.00 bits per heavy atom. The lowest BCUT2D eigenvalue weighted by Gasteiger charge is -2.00. The van der Waals surface area contributed by atoms with Gasteiger partial charge in [-0.15, -0.1) is 0 Å². The predicted octanol–water partition coefficient (Wildman–Crippen LogP) is 2.54. The number of benzene rings is 1. The van der Waals surface area contributed by atoms with Gasteiger partial charge in [0.1, 0.15) is 11.3 Å². The van der Waals surface area contributed by atoms with Crippen molar-refractivity contribution in [2.24, 2.45) is 0 Å². The Balaban J connectivity index is 1.79. The molecule has 0 bridgehead atoms. The summed E-state index contributed by atoms with van der Waals surface area (Å²) in [5.41, 5.74) is 2.37. The van der Waals surface area contributed by atoms with Gasteiger partial charge in [0.15, 0.2) is 5.58 Å². The number of pyridine rings is 1. The van der Waals surface area contributed by atoms with Gasteiger partial charge in [0.2, 0.25) is 0 Å². The Kier molecular flexibility index (Phi) is 2.57. The number of phenols is 1. The van der Waals surface area contributed by atoms with Crippen LogP contribution in [0, 0.1) is 0 Å². The van der Waals surface area contributed by atoms with E-state index >= 15 is 0 Å². The van der Waals surface area contributed by atoms with Crippen molar-refractivity contribution in [2.75, 3.05) is 5.32 Å². The SMILES string of the molecule is Oc1ccc2nc(NCc3ccncc3)oc2c1.